The van der Waals surface area contributed by atoms with Gasteiger partial charge in [0.25, 0.3) is 0 Å². The fourth-order valence-electron chi connectivity index (χ4n) is 4.56. The van der Waals surface area contributed by atoms with Crippen LogP contribution >= 0.6 is 23.5 Å². The minimum absolute atomic E-state index is 0. The highest BCUT2D eigenvalue weighted by Crippen LogP contribution is 2.28. The number of unbranched alkanes of at least 4 members (excludes halogenated alkanes) is 7. The summed E-state index contributed by atoms with van der Waals surface area (Å²) in [5, 5.41) is 2.76. The molecule has 0 saturated heterocycles. The van der Waals surface area contributed by atoms with E-state index in [4.69, 9.17) is 0 Å². The van der Waals surface area contributed by atoms with Crippen molar-refractivity contribution in [2.24, 2.45) is 14.1 Å². The minimum atomic E-state index is 0. The first-order valence-electron chi connectivity index (χ1n) is 12.7. The first kappa shape index (κ1) is 31.6. The Morgan fingerprint density at radius 1 is 0.500 bits per heavy atom. The average Bonchev–Trinajstić information content (AvgIpc) is 2.87. The summed E-state index contributed by atoms with van der Waals surface area (Å²) in [4.78, 5) is 2.84. The van der Waals surface area contributed by atoms with E-state index < -0.39 is 0 Å². The molecule has 4 rings (SSSR count). The Morgan fingerprint density at radius 2 is 0.861 bits per heavy atom. The summed E-state index contributed by atoms with van der Waals surface area (Å²) < 4.78 is 4.42. The average molecular weight is 745 g/mol. The molecule has 2 heterocycles. The van der Waals surface area contributed by atoms with Crippen molar-refractivity contribution in [1.82, 2.24) is 0 Å². The van der Waals surface area contributed by atoms with Gasteiger partial charge in [0, 0.05) is 34.1 Å². The van der Waals surface area contributed by atoms with E-state index in [1.165, 1.54) is 94.5 Å². The van der Waals surface area contributed by atoms with E-state index in [1.54, 1.807) is 0 Å². The molecular weight excluding hydrogens is 706 g/mol. The van der Waals surface area contributed by atoms with Crippen molar-refractivity contribution in [3.63, 3.8) is 0 Å². The van der Waals surface area contributed by atoms with E-state index in [2.05, 4.69) is 96.3 Å². The van der Waals surface area contributed by atoms with Crippen LogP contribution in [0, 0.1) is 0 Å². The number of hydrogen-bond donors (Lipinski definition) is 0. The monoisotopic (exact) mass is 744 g/mol. The minimum Gasteiger partial charge on any atom is -1.00 e. The van der Waals surface area contributed by atoms with Gasteiger partial charge in [0.15, 0.2) is 12.4 Å². The summed E-state index contributed by atoms with van der Waals surface area (Å²) in [5.41, 5.74) is 2.63. The van der Waals surface area contributed by atoms with Crippen LogP contribution in [0.5, 0.6) is 0 Å². The highest BCUT2D eigenvalue weighted by molar-refractivity contribution is 7.99. The molecule has 0 aliphatic carbocycles. The van der Waals surface area contributed by atoms with Gasteiger partial charge >= 0.3 is 0 Å². The maximum Gasteiger partial charge on any atom is 0.213 e. The molecule has 6 heteroatoms. The molecule has 194 valence electrons. The van der Waals surface area contributed by atoms with Gasteiger partial charge in [0.2, 0.25) is 11.0 Å². The molecule has 0 amide bonds. The summed E-state index contributed by atoms with van der Waals surface area (Å²) in [6.45, 7) is 0. The number of hydrogen-bond acceptors (Lipinski definition) is 2. The van der Waals surface area contributed by atoms with Gasteiger partial charge in [0.1, 0.15) is 14.1 Å². The first-order valence-corrected chi connectivity index (χ1v) is 14.7. The Hall–Kier alpha value is -0.580. The van der Waals surface area contributed by atoms with Gasteiger partial charge in [-0.15, -0.1) is 23.5 Å². The smallest absolute Gasteiger partial charge is 0.213 e. The Morgan fingerprint density at radius 3 is 1.28 bits per heavy atom. The van der Waals surface area contributed by atoms with Gasteiger partial charge in [-0.1, -0.05) is 62.8 Å². The van der Waals surface area contributed by atoms with Crippen LogP contribution in [-0.4, -0.2) is 11.5 Å². The van der Waals surface area contributed by atoms with Crippen LogP contribution in [0.1, 0.15) is 51.4 Å². The van der Waals surface area contributed by atoms with Crippen molar-refractivity contribution in [3.8, 4) is 0 Å². The van der Waals surface area contributed by atoms with Gasteiger partial charge in [0.05, 0.1) is 10.8 Å². The van der Waals surface area contributed by atoms with E-state index in [1.807, 2.05) is 23.5 Å². The van der Waals surface area contributed by atoms with Crippen molar-refractivity contribution >= 4 is 45.3 Å². The van der Waals surface area contributed by atoms with E-state index in [-0.39, 0.29) is 48.0 Å². The van der Waals surface area contributed by atoms with Crippen LogP contribution in [0.3, 0.4) is 0 Å². The summed E-state index contributed by atoms with van der Waals surface area (Å²) >= 11 is 4.04. The Balaban J connectivity index is 0.00000228. The van der Waals surface area contributed by atoms with Crippen LogP contribution in [0.4, 0.5) is 0 Å². The van der Waals surface area contributed by atoms with Crippen molar-refractivity contribution in [1.29, 1.82) is 0 Å². The third-order valence-corrected chi connectivity index (χ3v) is 8.87. The molecule has 0 saturated carbocycles. The number of halogens is 2. The Kier molecular flexibility index (Phi) is 15.0. The van der Waals surface area contributed by atoms with Crippen molar-refractivity contribution in [2.75, 3.05) is 11.5 Å². The van der Waals surface area contributed by atoms with Crippen LogP contribution in [0.15, 0.2) is 82.8 Å². The second kappa shape index (κ2) is 17.1. The molecule has 2 nitrogen and oxygen atoms in total. The molecule has 0 aliphatic heterocycles. The Bertz CT molecular complexity index is 1120. The number of aryl methyl sites for hydroxylation is 2. The standard InChI is InChI=1S/C30H38N2S2.2HI/c1-31-21-19-29(25-15-9-11-17-27(25)31)33-23-13-7-5-3-4-6-8-14-24-34-30-20-22-32(2)28-18-12-10-16-26(28)30;;/h9-12,15-22H,3-8,13-14,23-24H2,1-2H3;2*1H/q+2;;/p-2. The molecule has 0 radical (unpaired) electrons. The molecule has 0 N–H and O–H groups in total. The zero-order valence-electron chi connectivity index (χ0n) is 21.5. The lowest BCUT2D eigenvalue weighted by molar-refractivity contribution is -0.645. The molecular formula is C30H38I2N2S2. The van der Waals surface area contributed by atoms with Crippen LogP contribution < -0.4 is 57.1 Å². The number of thioether (sulfide) groups is 2. The predicted octanol–water partition coefficient (Wildman–Crippen LogP) is 1.66. The number of benzene rings is 2. The van der Waals surface area contributed by atoms with Crippen molar-refractivity contribution in [2.45, 2.75) is 61.2 Å². The van der Waals surface area contributed by atoms with Crippen LogP contribution in [0.25, 0.3) is 21.8 Å². The third-order valence-electron chi connectivity index (χ3n) is 6.55. The number of aromatic nitrogens is 2. The van der Waals surface area contributed by atoms with E-state index >= 15 is 0 Å². The second-order valence-corrected chi connectivity index (χ2v) is 11.4. The zero-order chi connectivity index (χ0) is 23.6. The summed E-state index contributed by atoms with van der Waals surface area (Å²) in [6, 6.07) is 22.0. The molecule has 0 atom stereocenters. The van der Waals surface area contributed by atoms with Crippen LogP contribution in [0.2, 0.25) is 0 Å². The second-order valence-electron chi connectivity index (χ2n) is 9.14. The Labute approximate surface area is 260 Å². The van der Waals surface area contributed by atoms with E-state index in [0.717, 1.165) is 0 Å². The van der Waals surface area contributed by atoms with Crippen molar-refractivity contribution in [3.05, 3.63) is 73.1 Å². The molecule has 36 heavy (non-hydrogen) atoms. The van der Waals surface area contributed by atoms with Gasteiger partial charge < -0.3 is 48.0 Å². The lowest BCUT2D eigenvalue weighted by Gasteiger charge is -2.06. The highest BCUT2D eigenvalue weighted by Gasteiger charge is 2.10. The summed E-state index contributed by atoms with van der Waals surface area (Å²) in [5.74, 6) is 2.45. The molecule has 4 aromatic rings. The largest absolute Gasteiger partial charge is 1.00 e. The van der Waals surface area contributed by atoms with Crippen LogP contribution in [-0.2, 0) is 14.1 Å². The molecule has 0 fully saturated rings. The van der Waals surface area contributed by atoms with Gasteiger partial charge in [-0.05, 0) is 36.5 Å². The first-order chi connectivity index (χ1) is 16.7. The molecule has 0 unspecified atom stereocenters. The maximum absolute atomic E-state index is 2.27. The number of pyridine rings is 2. The topological polar surface area (TPSA) is 7.76 Å². The van der Waals surface area contributed by atoms with Gasteiger partial charge in [-0.25, -0.2) is 9.13 Å². The van der Waals surface area contributed by atoms with Gasteiger partial charge in [-0.3, -0.25) is 0 Å². The van der Waals surface area contributed by atoms with E-state index in [9.17, 15) is 0 Å². The predicted molar refractivity (Wildman–Crippen MR) is 149 cm³/mol. The summed E-state index contributed by atoms with van der Waals surface area (Å²) in [6.07, 6.45) is 15.3. The highest BCUT2D eigenvalue weighted by atomic mass is 127. The number of fused-ring (bicyclic) bond motifs is 2. The zero-order valence-corrected chi connectivity index (χ0v) is 27.4. The molecule has 0 spiro atoms. The maximum atomic E-state index is 2.27. The molecule has 2 aromatic heterocycles. The summed E-state index contributed by atoms with van der Waals surface area (Å²) in [7, 11) is 4.25. The normalized spacial score (nSPS) is 10.8. The van der Waals surface area contributed by atoms with E-state index in [0.29, 0.717) is 0 Å². The molecule has 2 aromatic carbocycles. The lowest BCUT2D eigenvalue weighted by Crippen LogP contribution is -3.00. The number of rotatable bonds is 13. The fourth-order valence-corrected chi connectivity index (χ4v) is 6.67. The fraction of sp³-hybridized carbons (Fsp3) is 0.400. The number of para-hydroxylation sites is 2. The van der Waals surface area contributed by atoms with Crippen molar-refractivity contribution < 1.29 is 57.1 Å². The van der Waals surface area contributed by atoms with Gasteiger partial charge in [-0.2, -0.15) is 0 Å². The molecule has 0 aliphatic rings. The number of nitrogens with zero attached hydrogens (tertiary/aromatic N) is 2. The molecule has 0 bridgehead atoms. The lowest BCUT2D eigenvalue weighted by atomic mass is 10.1. The quantitative estimate of drug-likeness (QED) is 0.0892. The third kappa shape index (κ3) is 9.02. The SMILES string of the molecule is C[n+]1ccc(SCCCCCCCCCCSc2cc[n+](C)c3ccccc23)c2ccccc21.[I-].[I-].